The van der Waals surface area contributed by atoms with Crippen molar-refractivity contribution in [2.45, 2.75) is 59.1 Å². The summed E-state index contributed by atoms with van der Waals surface area (Å²) in [5.74, 6) is 1.13. The second-order valence-electron chi connectivity index (χ2n) is 8.94. The number of amides is 1. The summed E-state index contributed by atoms with van der Waals surface area (Å²) < 4.78 is 7.98. The van der Waals surface area contributed by atoms with Crippen molar-refractivity contribution in [3.63, 3.8) is 0 Å². The fourth-order valence-corrected chi connectivity index (χ4v) is 3.50. The monoisotopic (exact) mass is 392 g/mol. The Morgan fingerprint density at radius 2 is 1.90 bits per heavy atom. The first kappa shape index (κ1) is 19.4. The zero-order chi connectivity index (χ0) is 20.4. The number of imidazole rings is 1. The number of anilines is 1. The molecule has 3 aromatic rings. The van der Waals surface area contributed by atoms with E-state index < -0.39 is 0 Å². The predicted molar refractivity (Wildman–Crippen MR) is 114 cm³/mol. The lowest BCUT2D eigenvalue weighted by atomic mass is 9.92. The molecule has 0 unspecified atom stereocenters. The number of ether oxygens (including phenoxy) is 1. The molecule has 2 aromatic heterocycles. The van der Waals surface area contributed by atoms with E-state index in [9.17, 15) is 4.79 Å². The van der Waals surface area contributed by atoms with Gasteiger partial charge in [0.05, 0.1) is 0 Å². The van der Waals surface area contributed by atoms with Gasteiger partial charge in [-0.3, -0.25) is 14.7 Å². The second-order valence-corrected chi connectivity index (χ2v) is 8.94. The van der Waals surface area contributed by atoms with Gasteiger partial charge in [0.1, 0.15) is 12.1 Å². The summed E-state index contributed by atoms with van der Waals surface area (Å²) in [6, 6.07) is 14.1. The van der Waals surface area contributed by atoms with Crippen molar-refractivity contribution in [1.29, 1.82) is 0 Å². The number of nitrogens with one attached hydrogen (secondary N) is 1. The number of carbonyl (C=O) groups is 1. The maximum atomic E-state index is 12.5. The van der Waals surface area contributed by atoms with Crippen LogP contribution in [0.4, 0.5) is 5.95 Å². The molecule has 6 nitrogen and oxygen atoms in total. The van der Waals surface area contributed by atoms with Crippen LogP contribution in [0.2, 0.25) is 0 Å². The molecule has 1 saturated carbocycles. The van der Waals surface area contributed by atoms with Crippen LogP contribution in [-0.2, 0) is 11.4 Å². The van der Waals surface area contributed by atoms with E-state index in [0.29, 0.717) is 30.9 Å². The van der Waals surface area contributed by atoms with Crippen molar-refractivity contribution >= 4 is 23.0 Å². The van der Waals surface area contributed by atoms with Crippen LogP contribution in [0.15, 0.2) is 42.5 Å². The number of fused-ring (bicyclic) bond motifs is 1. The maximum Gasteiger partial charge on any atom is 0.227 e. The Bertz CT molecular complexity index is 1000. The molecule has 0 atom stereocenters. The standard InChI is InChI=1S/C23H28N4O2/c1-23(2,3)14-19(28)25-22-24-18-12-13-20(29-15-16-8-5-4-6-9-16)26-21(18)27(22)17-10-7-11-17/h4-6,8-9,12-13,17H,7,10-11,14-15H2,1-3H3,(H,24,25,28). The normalized spacial score (nSPS) is 14.6. The van der Waals surface area contributed by atoms with Gasteiger partial charge in [-0.05, 0) is 36.3 Å². The highest BCUT2D eigenvalue weighted by Gasteiger charge is 2.27. The highest BCUT2D eigenvalue weighted by molar-refractivity contribution is 5.91. The first-order chi connectivity index (χ1) is 13.9. The molecule has 4 rings (SSSR count). The van der Waals surface area contributed by atoms with E-state index in [0.717, 1.165) is 29.6 Å². The van der Waals surface area contributed by atoms with Crippen LogP contribution in [0, 0.1) is 5.41 Å². The van der Waals surface area contributed by atoms with E-state index in [1.54, 1.807) is 0 Å². The minimum absolute atomic E-state index is 0.0195. The highest BCUT2D eigenvalue weighted by atomic mass is 16.5. The van der Waals surface area contributed by atoms with Gasteiger partial charge < -0.3 is 4.74 Å². The van der Waals surface area contributed by atoms with E-state index in [1.807, 2.05) is 42.5 Å². The number of rotatable bonds is 6. The smallest absolute Gasteiger partial charge is 0.227 e. The number of hydrogen-bond donors (Lipinski definition) is 1. The number of aromatic nitrogens is 3. The lowest BCUT2D eigenvalue weighted by molar-refractivity contribution is -0.117. The SMILES string of the molecule is CC(C)(C)CC(=O)Nc1nc2ccc(OCc3ccccc3)nc2n1C1CCC1. The van der Waals surface area contributed by atoms with Crippen molar-refractivity contribution in [3.8, 4) is 5.88 Å². The van der Waals surface area contributed by atoms with E-state index in [2.05, 4.69) is 35.6 Å². The van der Waals surface area contributed by atoms with E-state index in [4.69, 9.17) is 9.72 Å². The third-order valence-electron chi connectivity index (χ3n) is 5.12. The van der Waals surface area contributed by atoms with Crippen molar-refractivity contribution in [2.75, 3.05) is 5.32 Å². The summed E-state index contributed by atoms with van der Waals surface area (Å²) in [5, 5.41) is 3.02. The molecular weight excluding hydrogens is 364 g/mol. The first-order valence-electron chi connectivity index (χ1n) is 10.2. The summed E-state index contributed by atoms with van der Waals surface area (Å²) in [5.41, 5.74) is 2.56. The molecule has 6 heteroatoms. The molecule has 0 spiro atoms. The fourth-order valence-electron chi connectivity index (χ4n) is 3.50. The molecule has 2 heterocycles. The van der Waals surface area contributed by atoms with E-state index in [1.165, 1.54) is 6.42 Å². The molecule has 1 aromatic carbocycles. The molecule has 1 aliphatic rings. The van der Waals surface area contributed by atoms with Gasteiger partial charge in [-0.2, -0.15) is 4.98 Å². The van der Waals surface area contributed by atoms with Gasteiger partial charge >= 0.3 is 0 Å². The lowest BCUT2D eigenvalue weighted by Crippen LogP contribution is -2.24. The zero-order valence-corrected chi connectivity index (χ0v) is 17.3. The van der Waals surface area contributed by atoms with Crippen molar-refractivity contribution in [2.24, 2.45) is 5.41 Å². The molecule has 0 radical (unpaired) electrons. The number of pyridine rings is 1. The Hall–Kier alpha value is -2.89. The molecule has 0 aliphatic heterocycles. The molecule has 1 N–H and O–H groups in total. The van der Waals surface area contributed by atoms with Crippen LogP contribution < -0.4 is 10.1 Å². The van der Waals surface area contributed by atoms with Crippen LogP contribution in [0.5, 0.6) is 5.88 Å². The number of carbonyl (C=O) groups excluding carboxylic acids is 1. The summed E-state index contributed by atoms with van der Waals surface area (Å²) in [6.45, 7) is 6.63. The van der Waals surface area contributed by atoms with Gasteiger partial charge in [-0.15, -0.1) is 0 Å². The third kappa shape index (κ3) is 4.58. The summed E-state index contributed by atoms with van der Waals surface area (Å²) in [6.07, 6.45) is 3.78. The molecule has 1 fully saturated rings. The van der Waals surface area contributed by atoms with E-state index in [-0.39, 0.29) is 11.3 Å². The van der Waals surface area contributed by atoms with Crippen molar-refractivity contribution < 1.29 is 9.53 Å². The number of benzene rings is 1. The zero-order valence-electron chi connectivity index (χ0n) is 17.3. The third-order valence-corrected chi connectivity index (χ3v) is 5.12. The first-order valence-corrected chi connectivity index (χ1v) is 10.2. The van der Waals surface area contributed by atoms with Crippen LogP contribution in [0.1, 0.15) is 58.1 Å². The number of hydrogen-bond acceptors (Lipinski definition) is 4. The lowest BCUT2D eigenvalue weighted by Gasteiger charge is -2.28. The largest absolute Gasteiger partial charge is 0.473 e. The molecule has 1 aliphatic carbocycles. The molecule has 152 valence electrons. The molecule has 1 amide bonds. The van der Waals surface area contributed by atoms with Crippen molar-refractivity contribution in [1.82, 2.24) is 14.5 Å². The fraction of sp³-hybridized carbons (Fsp3) is 0.435. The Kier molecular flexibility index (Phi) is 5.26. The average molecular weight is 393 g/mol. The van der Waals surface area contributed by atoms with Gasteiger partial charge in [0, 0.05) is 18.5 Å². The minimum Gasteiger partial charge on any atom is -0.473 e. The van der Waals surface area contributed by atoms with Crippen LogP contribution in [0.25, 0.3) is 11.2 Å². The van der Waals surface area contributed by atoms with Crippen LogP contribution >= 0.6 is 0 Å². The Labute approximate surface area is 171 Å². The molecule has 0 saturated heterocycles. The predicted octanol–water partition coefficient (Wildman–Crippen LogP) is 5.11. The molecular formula is C23H28N4O2. The summed E-state index contributed by atoms with van der Waals surface area (Å²) in [7, 11) is 0. The summed E-state index contributed by atoms with van der Waals surface area (Å²) in [4.78, 5) is 21.9. The molecule has 29 heavy (non-hydrogen) atoms. The Balaban J connectivity index is 1.60. The highest BCUT2D eigenvalue weighted by Crippen LogP contribution is 2.37. The minimum atomic E-state index is -0.0753. The van der Waals surface area contributed by atoms with Crippen LogP contribution in [0.3, 0.4) is 0 Å². The van der Waals surface area contributed by atoms with Gasteiger partial charge in [-0.1, -0.05) is 51.1 Å². The quantitative estimate of drug-likeness (QED) is 0.633. The van der Waals surface area contributed by atoms with Crippen molar-refractivity contribution in [3.05, 3.63) is 48.0 Å². The van der Waals surface area contributed by atoms with Gasteiger partial charge in [0.25, 0.3) is 0 Å². The average Bonchev–Trinajstić information content (AvgIpc) is 2.95. The van der Waals surface area contributed by atoms with Crippen LogP contribution in [-0.4, -0.2) is 20.4 Å². The van der Waals surface area contributed by atoms with Gasteiger partial charge in [0.15, 0.2) is 5.65 Å². The van der Waals surface area contributed by atoms with Gasteiger partial charge in [-0.25, -0.2) is 4.98 Å². The van der Waals surface area contributed by atoms with Gasteiger partial charge in [0.2, 0.25) is 17.7 Å². The Morgan fingerprint density at radius 3 is 2.55 bits per heavy atom. The Morgan fingerprint density at radius 1 is 1.14 bits per heavy atom. The molecule has 0 bridgehead atoms. The number of nitrogens with zero attached hydrogens (tertiary/aromatic N) is 3. The second kappa shape index (κ2) is 7.85. The van der Waals surface area contributed by atoms with E-state index >= 15 is 0 Å². The maximum absolute atomic E-state index is 12.5. The summed E-state index contributed by atoms with van der Waals surface area (Å²) >= 11 is 0. The topological polar surface area (TPSA) is 69.0 Å².